The van der Waals surface area contributed by atoms with Gasteiger partial charge in [-0.1, -0.05) is 12.1 Å². The first-order valence-electron chi connectivity index (χ1n) is 9.18. The molecular formula is C20H28N4O4. The highest BCUT2D eigenvalue weighted by Crippen LogP contribution is 2.12. The molecule has 0 unspecified atom stereocenters. The van der Waals surface area contributed by atoms with Gasteiger partial charge in [0.25, 0.3) is 5.91 Å². The summed E-state index contributed by atoms with van der Waals surface area (Å²) >= 11 is 0. The molecule has 8 nitrogen and oxygen atoms in total. The van der Waals surface area contributed by atoms with Crippen molar-refractivity contribution in [3.8, 4) is 0 Å². The van der Waals surface area contributed by atoms with Crippen molar-refractivity contribution in [3.05, 3.63) is 54.0 Å². The average molecular weight is 388 g/mol. The number of carbonyl (C=O) groups excluding carboxylic acids is 1. The number of aliphatic imine (C=N–C) groups is 1. The van der Waals surface area contributed by atoms with Gasteiger partial charge in [0.05, 0.1) is 19.5 Å². The second-order valence-electron chi connectivity index (χ2n) is 5.94. The van der Waals surface area contributed by atoms with Crippen molar-refractivity contribution in [1.82, 2.24) is 10.6 Å². The first kappa shape index (κ1) is 21.5. The van der Waals surface area contributed by atoms with Crippen LogP contribution in [0, 0.1) is 0 Å². The third-order valence-corrected chi connectivity index (χ3v) is 3.80. The largest absolute Gasteiger partial charge is 0.459 e. The maximum absolute atomic E-state index is 12.1. The fourth-order valence-electron chi connectivity index (χ4n) is 2.39. The number of nitrogens with one attached hydrogen (secondary N) is 3. The van der Waals surface area contributed by atoms with Crippen LogP contribution in [0.15, 0.2) is 52.1 Å². The van der Waals surface area contributed by atoms with Gasteiger partial charge in [0, 0.05) is 39.5 Å². The molecule has 3 N–H and O–H groups in total. The van der Waals surface area contributed by atoms with E-state index in [1.54, 1.807) is 26.3 Å². The van der Waals surface area contributed by atoms with Gasteiger partial charge < -0.3 is 29.8 Å². The Hall–Kier alpha value is -2.84. The van der Waals surface area contributed by atoms with Crippen LogP contribution in [0.25, 0.3) is 0 Å². The van der Waals surface area contributed by atoms with E-state index in [-0.39, 0.29) is 11.7 Å². The summed E-state index contributed by atoms with van der Waals surface area (Å²) in [5.41, 5.74) is 1.72. The number of hydrogen-bond acceptors (Lipinski definition) is 5. The highest BCUT2D eigenvalue weighted by Gasteiger charge is 2.08. The molecule has 1 heterocycles. The molecule has 0 fully saturated rings. The van der Waals surface area contributed by atoms with Gasteiger partial charge in [0.2, 0.25) is 0 Å². The second-order valence-corrected chi connectivity index (χ2v) is 5.94. The summed E-state index contributed by atoms with van der Waals surface area (Å²) in [6.45, 7) is 3.22. The first-order chi connectivity index (χ1) is 13.7. The molecule has 0 aliphatic heterocycles. The highest BCUT2D eigenvalue weighted by atomic mass is 16.5. The summed E-state index contributed by atoms with van der Waals surface area (Å²) in [5, 5.41) is 9.31. The zero-order chi connectivity index (χ0) is 20.0. The number of rotatable bonds is 11. The average Bonchev–Trinajstić information content (AvgIpc) is 3.25. The molecule has 8 heteroatoms. The third kappa shape index (κ3) is 7.81. The molecule has 0 radical (unpaired) electrons. The molecule has 28 heavy (non-hydrogen) atoms. The molecule has 1 amide bonds. The molecule has 0 aliphatic rings. The standard InChI is InChI=1S/C20H28N4O4/c1-21-20(22-9-5-10-27-13-12-26-2)23-15-16-6-3-7-17(14-16)24-19(25)18-8-4-11-28-18/h3-4,6-8,11,14H,5,9-10,12-13,15H2,1-2H3,(H,24,25)(H2,21,22,23). The lowest BCUT2D eigenvalue weighted by atomic mass is 10.2. The van der Waals surface area contributed by atoms with Crippen molar-refractivity contribution in [3.63, 3.8) is 0 Å². The van der Waals surface area contributed by atoms with E-state index in [9.17, 15) is 4.79 Å². The lowest BCUT2D eigenvalue weighted by molar-refractivity contribution is 0.0698. The Labute approximate surface area is 165 Å². The molecule has 0 saturated carbocycles. The number of methoxy groups -OCH3 is 1. The molecule has 0 saturated heterocycles. The topological polar surface area (TPSA) is 97.1 Å². The summed E-state index contributed by atoms with van der Waals surface area (Å²) in [7, 11) is 3.38. The Bertz CT molecular complexity index is 732. The Balaban J connectivity index is 1.72. The fraction of sp³-hybridized carbons (Fsp3) is 0.400. The van der Waals surface area contributed by atoms with E-state index < -0.39 is 0 Å². The smallest absolute Gasteiger partial charge is 0.291 e. The first-order valence-corrected chi connectivity index (χ1v) is 9.18. The minimum atomic E-state index is -0.277. The molecule has 0 bridgehead atoms. The van der Waals surface area contributed by atoms with E-state index in [1.807, 2.05) is 24.3 Å². The van der Waals surface area contributed by atoms with E-state index >= 15 is 0 Å². The lowest BCUT2D eigenvalue weighted by Crippen LogP contribution is -2.37. The molecular weight excluding hydrogens is 360 g/mol. The van der Waals surface area contributed by atoms with Gasteiger partial charge in [-0.2, -0.15) is 0 Å². The van der Waals surface area contributed by atoms with Crippen LogP contribution in [0.3, 0.4) is 0 Å². The summed E-state index contributed by atoms with van der Waals surface area (Å²) in [4.78, 5) is 16.3. The minimum absolute atomic E-state index is 0.277. The quantitative estimate of drug-likeness (QED) is 0.310. The number of carbonyl (C=O) groups is 1. The van der Waals surface area contributed by atoms with Gasteiger partial charge >= 0.3 is 0 Å². The summed E-state index contributed by atoms with van der Waals surface area (Å²) < 4.78 is 15.5. The molecule has 0 atom stereocenters. The molecule has 1 aromatic heterocycles. The van der Waals surface area contributed by atoms with Crippen LogP contribution < -0.4 is 16.0 Å². The van der Waals surface area contributed by atoms with Crippen molar-refractivity contribution >= 4 is 17.6 Å². The number of ether oxygens (including phenoxy) is 2. The van der Waals surface area contributed by atoms with Gasteiger partial charge in [-0.05, 0) is 36.2 Å². The van der Waals surface area contributed by atoms with Crippen LogP contribution in [0.4, 0.5) is 5.69 Å². The predicted octanol–water partition coefficient (Wildman–Crippen LogP) is 2.25. The molecule has 152 valence electrons. The third-order valence-electron chi connectivity index (χ3n) is 3.80. The summed E-state index contributed by atoms with van der Waals surface area (Å²) in [6, 6.07) is 10.9. The number of furan rings is 1. The van der Waals surface area contributed by atoms with Crippen LogP contribution >= 0.6 is 0 Å². The summed E-state index contributed by atoms with van der Waals surface area (Å²) in [6.07, 6.45) is 2.35. The van der Waals surface area contributed by atoms with E-state index in [1.165, 1.54) is 6.26 Å². The SMILES string of the molecule is CN=C(NCCCOCCOC)NCc1cccc(NC(=O)c2ccco2)c1. The Morgan fingerprint density at radius 1 is 1.14 bits per heavy atom. The van der Waals surface area contributed by atoms with Crippen molar-refractivity contribution in [2.45, 2.75) is 13.0 Å². The number of benzene rings is 1. The Kier molecular flexibility index (Phi) is 9.60. The predicted molar refractivity (Wildman–Crippen MR) is 109 cm³/mol. The zero-order valence-electron chi connectivity index (χ0n) is 16.4. The van der Waals surface area contributed by atoms with E-state index in [0.717, 1.165) is 18.5 Å². The number of anilines is 1. The molecule has 2 rings (SSSR count). The molecule has 0 spiro atoms. The second kappa shape index (κ2) is 12.5. The Morgan fingerprint density at radius 2 is 2.04 bits per heavy atom. The van der Waals surface area contributed by atoms with Crippen molar-refractivity contribution < 1.29 is 18.7 Å². The van der Waals surface area contributed by atoms with E-state index in [2.05, 4.69) is 20.9 Å². The maximum Gasteiger partial charge on any atom is 0.291 e. The van der Waals surface area contributed by atoms with Crippen molar-refractivity contribution in [1.29, 1.82) is 0 Å². The molecule has 2 aromatic rings. The normalized spacial score (nSPS) is 11.3. The molecule has 0 aliphatic carbocycles. The van der Waals surface area contributed by atoms with Crippen molar-refractivity contribution in [2.75, 3.05) is 45.8 Å². The van der Waals surface area contributed by atoms with Gasteiger partial charge in [-0.3, -0.25) is 9.79 Å². The number of amides is 1. The maximum atomic E-state index is 12.1. The number of guanidine groups is 1. The van der Waals surface area contributed by atoms with Gasteiger partial charge in [0.1, 0.15) is 0 Å². The fourth-order valence-corrected chi connectivity index (χ4v) is 2.39. The highest BCUT2D eigenvalue weighted by molar-refractivity contribution is 6.02. The van der Waals surface area contributed by atoms with Crippen molar-refractivity contribution in [2.24, 2.45) is 4.99 Å². The van der Waals surface area contributed by atoms with Crippen LogP contribution in [-0.2, 0) is 16.0 Å². The van der Waals surface area contributed by atoms with Crippen LogP contribution in [-0.4, -0.2) is 52.4 Å². The van der Waals surface area contributed by atoms with Crippen LogP contribution in [0.2, 0.25) is 0 Å². The number of hydrogen-bond donors (Lipinski definition) is 3. The molecule has 1 aromatic carbocycles. The van der Waals surface area contributed by atoms with Crippen LogP contribution in [0.1, 0.15) is 22.5 Å². The van der Waals surface area contributed by atoms with Gasteiger partial charge in [-0.15, -0.1) is 0 Å². The van der Waals surface area contributed by atoms with E-state index in [0.29, 0.717) is 38.0 Å². The zero-order valence-corrected chi connectivity index (χ0v) is 16.4. The Morgan fingerprint density at radius 3 is 2.79 bits per heavy atom. The van der Waals surface area contributed by atoms with Gasteiger partial charge in [-0.25, -0.2) is 0 Å². The monoisotopic (exact) mass is 388 g/mol. The minimum Gasteiger partial charge on any atom is -0.459 e. The lowest BCUT2D eigenvalue weighted by Gasteiger charge is -2.13. The summed E-state index contributed by atoms with van der Waals surface area (Å²) in [5.74, 6) is 0.710. The van der Waals surface area contributed by atoms with Crippen LogP contribution in [0.5, 0.6) is 0 Å². The van der Waals surface area contributed by atoms with Gasteiger partial charge in [0.15, 0.2) is 11.7 Å². The van der Waals surface area contributed by atoms with E-state index in [4.69, 9.17) is 13.9 Å². The number of nitrogens with zero attached hydrogens (tertiary/aromatic N) is 1.